The number of carbonyl (C=O) groups is 3. The average molecular weight is 322 g/mol. The number of alkyl halides is 1. The molecule has 0 aromatic carbocycles. The van der Waals surface area contributed by atoms with Gasteiger partial charge < -0.3 is 9.47 Å². The number of hydrogen-bond donors (Lipinski definition) is 0. The Bertz CT molecular complexity index is 344. The molecular weight excluding hydrogens is 306 g/mol. The number of rotatable bonds is 5. The molecule has 1 aliphatic heterocycles. The highest BCUT2D eigenvalue weighted by Gasteiger charge is 2.34. The van der Waals surface area contributed by atoms with Crippen LogP contribution in [0.2, 0.25) is 0 Å². The van der Waals surface area contributed by atoms with Crippen molar-refractivity contribution in [1.29, 1.82) is 0 Å². The van der Waals surface area contributed by atoms with Crippen LogP contribution in [0.15, 0.2) is 0 Å². The van der Waals surface area contributed by atoms with Crippen molar-refractivity contribution in [1.82, 2.24) is 4.90 Å². The Morgan fingerprint density at radius 1 is 1.56 bits per heavy atom. The highest BCUT2D eigenvalue weighted by atomic mass is 79.9. The van der Waals surface area contributed by atoms with Gasteiger partial charge in [-0.25, -0.2) is 9.69 Å². The fraction of sp³-hybridized carbons (Fsp3) is 0.727. The normalized spacial score (nSPS) is 18.2. The third-order valence-electron chi connectivity index (χ3n) is 2.60. The fourth-order valence-electron chi connectivity index (χ4n) is 1.60. The Kier molecular flexibility index (Phi) is 5.58. The second kappa shape index (κ2) is 6.72. The van der Waals surface area contributed by atoms with E-state index in [1.165, 1.54) is 0 Å². The summed E-state index contributed by atoms with van der Waals surface area (Å²) in [4.78, 5) is 35.6. The van der Waals surface area contributed by atoms with E-state index < -0.39 is 23.9 Å². The quantitative estimate of drug-likeness (QED) is 0.564. The number of ether oxygens (including phenoxy) is 2. The number of cyclic esters (lactones) is 1. The first-order chi connectivity index (χ1) is 8.47. The minimum atomic E-state index is -0.648. The van der Waals surface area contributed by atoms with Crippen molar-refractivity contribution in [2.75, 3.05) is 19.8 Å². The van der Waals surface area contributed by atoms with Crippen molar-refractivity contribution < 1.29 is 23.9 Å². The zero-order valence-electron chi connectivity index (χ0n) is 10.3. The number of hydrogen-bond acceptors (Lipinski definition) is 5. The van der Waals surface area contributed by atoms with Crippen LogP contribution in [-0.2, 0) is 19.1 Å². The molecule has 0 aliphatic carbocycles. The van der Waals surface area contributed by atoms with Crippen LogP contribution in [0.25, 0.3) is 0 Å². The maximum atomic E-state index is 11.9. The van der Waals surface area contributed by atoms with E-state index in [0.717, 1.165) is 4.90 Å². The Balaban J connectivity index is 2.63. The molecule has 0 N–H and O–H groups in total. The van der Waals surface area contributed by atoms with Gasteiger partial charge in [-0.15, -0.1) is 0 Å². The molecule has 2 amide bonds. The number of esters is 1. The topological polar surface area (TPSA) is 72.9 Å². The van der Waals surface area contributed by atoms with Crippen molar-refractivity contribution in [2.24, 2.45) is 5.92 Å². The van der Waals surface area contributed by atoms with Crippen LogP contribution in [0.4, 0.5) is 4.79 Å². The van der Waals surface area contributed by atoms with Gasteiger partial charge in [0.05, 0.1) is 19.1 Å². The van der Waals surface area contributed by atoms with Gasteiger partial charge in [-0.05, 0) is 6.92 Å². The van der Waals surface area contributed by atoms with E-state index in [-0.39, 0.29) is 31.0 Å². The fourth-order valence-corrected chi connectivity index (χ4v) is 2.00. The number of halogens is 1. The van der Waals surface area contributed by atoms with Crippen LogP contribution in [-0.4, -0.2) is 47.5 Å². The van der Waals surface area contributed by atoms with Crippen molar-refractivity contribution in [3.8, 4) is 0 Å². The Labute approximate surface area is 114 Å². The Hall–Kier alpha value is -1.11. The molecule has 0 unspecified atom stereocenters. The van der Waals surface area contributed by atoms with Crippen molar-refractivity contribution in [3.63, 3.8) is 0 Å². The summed E-state index contributed by atoms with van der Waals surface area (Å²) in [6.07, 6.45) is -0.717. The first-order valence-corrected chi connectivity index (χ1v) is 6.66. The maximum absolute atomic E-state index is 11.9. The lowest BCUT2D eigenvalue weighted by Crippen LogP contribution is -2.36. The lowest BCUT2D eigenvalue weighted by Gasteiger charge is -2.19. The molecule has 0 aromatic rings. The van der Waals surface area contributed by atoms with E-state index >= 15 is 0 Å². The second-order valence-corrected chi connectivity index (χ2v) is 5.34. The minimum absolute atomic E-state index is 0.0691. The molecule has 1 fully saturated rings. The molecule has 0 bridgehead atoms. The summed E-state index contributed by atoms with van der Waals surface area (Å²) in [7, 11) is 0. The second-order valence-electron chi connectivity index (χ2n) is 3.90. The summed E-state index contributed by atoms with van der Waals surface area (Å²) in [6.45, 7) is 4.17. The summed E-state index contributed by atoms with van der Waals surface area (Å²) in [5, 5.41) is 0. The molecule has 2 atom stereocenters. The number of amides is 2. The summed E-state index contributed by atoms with van der Waals surface area (Å²) < 4.78 is 9.57. The first-order valence-electron chi connectivity index (χ1n) is 5.75. The SMILES string of the molecule is CCOC(=O)[C@H](CC(=O)N1CCOC1=O)[C@@H](C)Br. The molecule has 7 heteroatoms. The zero-order valence-corrected chi connectivity index (χ0v) is 11.9. The molecule has 1 rings (SSSR count). The number of nitrogens with zero attached hydrogens (tertiary/aromatic N) is 1. The molecule has 1 heterocycles. The number of carbonyl (C=O) groups excluding carboxylic acids is 3. The van der Waals surface area contributed by atoms with Crippen LogP contribution in [0, 0.1) is 5.92 Å². The molecule has 0 radical (unpaired) electrons. The predicted molar refractivity (Wildman–Crippen MR) is 66.2 cm³/mol. The smallest absolute Gasteiger partial charge is 0.416 e. The highest BCUT2D eigenvalue weighted by molar-refractivity contribution is 9.09. The van der Waals surface area contributed by atoms with Gasteiger partial charge >= 0.3 is 12.1 Å². The van der Waals surface area contributed by atoms with Gasteiger partial charge in [0, 0.05) is 11.2 Å². The number of imide groups is 1. The summed E-state index contributed by atoms with van der Waals surface area (Å²) in [6, 6.07) is 0. The molecule has 6 nitrogen and oxygen atoms in total. The molecule has 0 spiro atoms. The van der Waals surface area contributed by atoms with Gasteiger partial charge in [0.15, 0.2) is 0 Å². The monoisotopic (exact) mass is 321 g/mol. The van der Waals surface area contributed by atoms with Crippen LogP contribution in [0.1, 0.15) is 20.3 Å². The molecule has 18 heavy (non-hydrogen) atoms. The van der Waals surface area contributed by atoms with Crippen LogP contribution < -0.4 is 0 Å². The van der Waals surface area contributed by atoms with Gasteiger partial charge in [-0.3, -0.25) is 9.59 Å². The van der Waals surface area contributed by atoms with Crippen LogP contribution in [0.5, 0.6) is 0 Å². The van der Waals surface area contributed by atoms with Crippen molar-refractivity contribution in [2.45, 2.75) is 25.1 Å². The van der Waals surface area contributed by atoms with E-state index in [4.69, 9.17) is 4.74 Å². The lowest BCUT2D eigenvalue weighted by atomic mass is 10.0. The molecule has 1 aliphatic rings. The van der Waals surface area contributed by atoms with E-state index in [2.05, 4.69) is 20.7 Å². The Morgan fingerprint density at radius 3 is 2.67 bits per heavy atom. The van der Waals surface area contributed by atoms with Crippen molar-refractivity contribution in [3.05, 3.63) is 0 Å². The zero-order chi connectivity index (χ0) is 13.7. The summed E-state index contributed by atoms with van der Waals surface area (Å²) in [5.74, 6) is -1.46. The van der Waals surface area contributed by atoms with E-state index in [1.807, 2.05) is 0 Å². The minimum Gasteiger partial charge on any atom is -0.466 e. The molecule has 0 aromatic heterocycles. The van der Waals surface area contributed by atoms with Gasteiger partial charge in [0.2, 0.25) is 5.91 Å². The van der Waals surface area contributed by atoms with Gasteiger partial charge in [0.1, 0.15) is 6.61 Å². The van der Waals surface area contributed by atoms with E-state index in [9.17, 15) is 14.4 Å². The van der Waals surface area contributed by atoms with E-state index in [1.54, 1.807) is 13.8 Å². The standard InChI is InChI=1S/C11H16BrNO5/c1-3-17-10(15)8(7(2)12)6-9(14)13-4-5-18-11(13)16/h7-8H,3-6H2,1-2H3/t7-,8-/m1/s1. The molecule has 1 saturated heterocycles. The predicted octanol–water partition coefficient (Wildman–Crippen LogP) is 1.32. The van der Waals surface area contributed by atoms with Gasteiger partial charge in [-0.2, -0.15) is 0 Å². The molecule has 102 valence electrons. The third-order valence-corrected chi connectivity index (χ3v) is 3.24. The van der Waals surface area contributed by atoms with Gasteiger partial charge in [-0.1, -0.05) is 22.9 Å². The van der Waals surface area contributed by atoms with Crippen LogP contribution >= 0.6 is 15.9 Å². The van der Waals surface area contributed by atoms with Gasteiger partial charge in [0.25, 0.3) is 0 Å². The Morgan fingerprint density at radius 2 is 2.22 bits per heavy atom. The van der Waals surface area contributed by atoms with Crippen LogP contribution in [0.3, 0.4) is 0 Å². The largest absolute Gasteiger partial charge is 0.466 e. The summed E-state index contributed by atoms with van der Waals surface area (Å²) >= 11 is 3.28. The molecule has 0 saturated carbocycles. The van der Waals surface area contributed by atoms with E-state index in [0.29, 0.717) is 0 Å². The molecular formula is C11H16BrNO5. The van der Waals surface area contributed by atoms with Crippen molar-refractivity contribution >= 4 is 33.9 Å². The highest BCUT2D eigenvalue weighted by Crippen LogP contribution is 2.20. The average Bonchev–Trinajstić information content (AvgIpc) is 2.71. The third kappa shape index (κ3) is 3.69. The summed E-state index contributed by atoms with van der Waals surface area (Å²) in [5.41, 5.74) is 0. The lowest BCUT2D eigenvalue weighted by molar-refractivity contribution is -0.150. The first kappa shape index (κ1) is 14.9. The maximum Gasteiger partial charge on any atom is 0.416 e.